The number of anilines is 2. The number of carbonyl (C=O) groups is 1. The number of amides is 1. The third kappa shape index (κ3) is 4.54. The molecule has 2 aromatic carbocycles. The molecular formula is C17H18F2N2O3S. The van der Waals surface area contributed by atoms with Crippen LogP contribution in [0.4, 0.5) is 20.2 Å². The summed E-state index contributed by atoms with van der Waals surface area (Å²) in [6, 6.07) is 9.24. The molecule has 2 rings (SSSR count). The lowest BCUT2D eigenvalue weighted by molar-refractivity contribution is -0.117. The molecule has 0 aliphatic heterocycles. The zero-order valence-electron chi connectivity index (χ0n) is 13.7. The van der Waals surface area contributed by atoms with Gasteiger partial charge in [-0.25, -0.2) is 17.2 Å². The van der Waals surface area contributed by atoms with Crippen LogP contribution in [0.5, 0.6) is 0 Å². The molecule has 0 spiro atoms. The molecule has 1 atom stereocenters. The Morgan fingerprint density at radius 3 is 2.24 bits per heavy atom. The first kappa shape index (κ1) is 18.9. The third-order valence-corrected chi connectivity index (χ3v) is 4.72. The second-order valence-electron chi connectivity index (χ2n) is 5.43. The third-order valence-electron chi connectivity index (χ3n) is 3.54. The molecule has 134 valence electrons. The van der Waals surface area contributed by atoms with Crippen molar-refractivity contribution in [3.8, 4) is 0 Å². The van der Waals surface area contributed by atoms with Crippen molar-refractivity contribution in [1.82, 2.24) is 0 Å². The number of hydrogen-bond donors (Lipinski definition) is 1. The maximum absolute atomic E-state index is 13.7. The summed E-state index contributed by atoms with van der Waals surface area (Å²) in [5.74, 6) is -1.83. The van der Waals surface area contributed by atoms with Gasteiger partial charge >= 0.3 is 0 Å². The lowest BCUT2D eigenvalue weighted by Gasteiger charge is -2.30. The van der Waals surface area contributed by atoms with Gasteiger partial charge in [0.25, 0.3) is 0 Å². The summed E-state index contributed by atoms with van der Waals surface area (Å²) in [7, 11) is -3.83. The average Bonchev–Trinajstić information content (AvgIpc) is 2.54. The number of benzene rings is 2. The predicted molar refractivity (Wildman–Crippen MR) is 92.8 cm³/mol. The lowest BCUT2D eigenvalue weighted by atomic mass is 10.1. The summed E-state index contributed by atoms with van der Waals surface area (Å²) in [5.41, 5.74) is 0.109. The van der Waals surface area contributed by atoms with Gasteiger partial charge in [-0.3, -0.25) is 9.10 Å². The van der Waals surface area contributed by atoms with Gasteiger partial charge in [-0.2, -0.15) is 0 Å². The van der Waals surface area contributed by atoms with Gasteiger partial charge in [-0.15, -0.1) is 0 Å². The number of rotatable bonds is 6. The Morgan fingerprint density at radius 2 is 1.72 bits per heavy atom. The molecule has 0 aliphatic rings. The van der Waals surface area contributed by atoms with Crippen LogP contribution in [-0.4, -0.2) is 26.6 Å². The van der Waals surface area contributed by atoms with Crippen molar-refractivity contribution >= 4 is 27.3 Å². The van der Waals surface area contributed by atoms with Gasteiger partial charge in [-0.05, 0) is 42.8 Å². The van der Waals surface area contributed by atoms with Crippen LogP contribution in [-0.2, 0) is 14.8 Å². The Balaban J connectivity index is 2.38. The highest BCUT2D eigenvalue weighted by Crippen LogP contribution is 2.24. The van der Waals surface area contributed by atoms with E-state index in [1.165, 1.54) is 30.3 Å². The minimum absolute atomic E-state index is 0.0430. The van der Waals surface area contributed by atoms with E-state index in [0.29, 0.717) is 0 Å². The molecule has 0 bridgehead atoms. The number of nitrogens with one attached hydrogen (secondary N) is 1. The highest BCUT2D eigenvalue weighted by molar-refractivity contribution is 7.92. The fourth-order valence-corrected chi connectivity index (χ4v) is 3.64. The Hall–Kier alpha value is -2.48. The summed E-state index contributed by atoms with van der Waals surface area (Å²) < 4.78 is 52.2. The Morgan fingerprint density at radius 1 is 1.12 bits per heavy atom. The zero-order chi connectivity index (χ0) is 18.6. The van der Waals surface area contributed by atoms with E-state index >= 15 is 0 Å². The van der Waals surface area contributed by atoms with Gasteiger partial charge in [0.1, 0.15) is 17.7 Å². The maximum atomic E-state index is 13.7. The summed E-state index contributed by atoms with van der Waals surface area (Å²) >= 11 is 0. The maximum Gasteiger partial charge on any atom is 0.248 e. The van der Waals surface area contributed by atoms with Crippen LogP contribution in [0.2, 0.25) is 0 Å². The van der Waals surface area contributed by atoms with Crippen LogP contribution < -0.4 is 9.62 Å². The van der Waals surface area contributed by atoms with E-state index in [1.54, 1.807) is 13.0 Å². The van der Waals surface area contributed by atoms with Crippen molar-refractivity contribution in [2.45, 2.75) is 19.4 Å². The number of sulfonamides is 1. The molecule has 0 saturated heterocycles. The van der Waals surface area contributed by atoms with Crippen LogP contribution in [0.15, 0.2) is 48.5 Å². The van der Waals surface area contributed by atoms with Crippen LogP contribution >= 0.6 is 0 Å². The largest absolute Gasteiger partial charge is 0.322 e. The van der Waals surface area contributed by atoms with E-state index in [2.05, 4.69) is 5.32 Å². The van der Waals surface area contributed by atoms with Gasteiger partial charge in [0.2, 0.25) is 15.9 Å². The Bertz CT molecular complexity index is 854. The number of hydrogen-bond acceptors (Lipinski definition) is 3. The molecule has 25 heavy (non-hydrogen) atoms. The predicted octanol–water partition coefficient (Wildman–Crippen LogP) is 3.15. The zero-order valence-corrected chi connectivity index (χ0v) is 14.6. The molecule has 0 unspecified atom stereocenters. The molecule has 0 heterocycles. The first-order chi connectivity index (χ1) is 11.7. The van der Waals surface area contributed by atoms with Crippen molar-refractivity contribution in [1.29, 1.82) is 0 Å². The Labute approximate surface area is 145 Å². The van der Waals surface area contributed by atoms with E-state index in [0.717, 1.165) is 22.7 Å². The second kappa shape index (κ2) is 7.60. The first-order valence-corrected chi connectivity index (χ1v) is 9.39. The van der Waals surface area contributed by atoms with E-state index in [1.807, 2.05) is 0 Å². The molecule has 0 radical (unpaired) electrons. The minimum Gasteiger partial charge on any atom is -0.322 e. The quantitative estimate of drug-likeness (QED) is 0.852. The van der Waals surface area contributed by atoms with Gasteiger partial charge in [0, 0.05) is 0 Å². The number of nitrogens with zero attached hydrogens (tertiary/aromatic N) is 1. The van der Waals surface area contributed by atoms with Crippen LogP contribution in [0.1, 0.15) is 13.3 Å². The second-order valence-corrected chi connectivity index (χ2v) is 7.29. The summed E-state index contributed by atoms with van der Waals surface area (Å²) in [5, 5.41) is 2.40. The molecule has 8 heteroatoms. The molecular weight excluding hydrogens is 350 g/mol. The van der Waals surface area contributed by atoms with E-state index in [4.69, 9.17) is 0 Å². The summed E-state index contributed by atoms with van der Waals surface area (Å²) in [4.78, 5) is 12.6. The smallest absolute Gasteiger partial charge is 0.248 e. The van der Waals surface area contributed by atoms with Crippen molar-refractivity contribution in [3.05, 3.63) is 60.2 Å². The van der Waals surface area contributed by atoms with Crippen molar-refractivity contribution in [2.75, 3.05) is 15.9 Å². The van der Waals surface area contributed by atoms with E-state index < -0.39 is 33.6 Å². The molecule has 0 saturated carbocycles. The molecule has 1 amide bonds. The summed E-state index contributed by atoms with van der Waals surface area (Å²) in [6.07, 6.45) is 1.10. The van der Waals surface area contributed by atoms with Crippen molar-refractivity contribution < 1.29 is 22.0 Å². The SMILES string of the molecule is CC[C@@H](C(=O)Nc1ccccc1F)N(c1ccc(F)cc1)S(C)(=O)=O. The standard InChI is InChI=1S/C17H18F2N2O3S/c1-3-16(17(22)20-15-7-5-4-6-14(15)19)21(25(2,23)24)13-10-8-12(18)9-11-13/h4-11,16H,3H2,1-2H3,(H,20,22)/t16-/m0/s1. The molecule has 0 fully saturated rings. The van der Waals surface area contributed by atoms with E-state index in [-0.39, 0.29) is 17.8 Å². The fraction of sp³-hybridized carbons (Fsp3) is 0.235. The van der Waals surface area contributed by atoms with Crippen molar-refractivity contribution in [3.63, 3.8) is 0 Å². The first-order valence-electron chi connectivity index (χ1n) is 7.54. The molecule has 0 aromatic heterocycles. The fourth-order valence-electron chi connectivity index (χ4n) is 2.43. The normalized spacial score (nSPS) is 12.5. The van der Waals surface area contributed by atoms with E-state index in [9.17, 15) is 22.0 Å². The topological polar surface area (TPSA) is 66.5 Å². The molecule has 1 N–H and O–H groups in total. The molecule has 2 aromatic rings. The van der Waals surface area contributed by atoms with Crippen molar-refractivity contribution in [2.24, 2.45) is 0 Å². The highest BCUT2D eigenvalue weighted by atomic mass is 32.2. The highest BCUT2D eigenvalue weighted by Gasteiger charge is 2.31. The molecule has 0 aliphatic carbocycles. The van der Waals surface area contributed by atoms with Gasteiger partial charge in [0.15, 0.2) is 0 Å². The van der Waals surface area contributed by atoms with Crippen LogP contribution in [0, 0.1) is 11.6 Å². The number of halogens is 2. The number of carbonyl (C=O) groups excluding carboxylic acids is 1. The van der Waals surface area contributed by atoms with Gasteiger partial charge in [0.05, 0.1) is 17.6 Å². The van der Waals surface area contributed by atoms with Crippen LogP contribution in [0.25, 0.3) is 0 Å². The van der Waals surface area contributed by atoms with Crippen LogP contribution in [0.3, 0.4) is 0 Å². The Kier molecular flexibility index (Phi) is 5.73. The van der Waals surface area contributed by atoms with Gasteiger partial charge < -0.3 is 5.32 Å². The lowest BCUT2D eigenvalue weighted by Crippen LogP contribution is -2.47. The number of para-hydroxylation sites is 1. The average molecular weight is 368 g/mol. The molecule has 5 nitrogen and oxygen atoms in total. The minimum atomic E-state index is -3.83. The van der Waals surface area contributed by atoms with Gasteiger partial charge in [-0.1, -0.05) is 19.1 Å². The monoisotopic (exact) mass is 368 g/mol. The summed E-state index contributed by atoms with van der Waals surface area (Å²) in [6.45, 7) is 1.63.